The van der Waals surface area contributed by atoms with E-state index in [9.17, 15) is 9.90 Å². The Morgan fingerprint density at radius 1 is 1.44 bits per heavy atom. The van der Waals surface area contributed by atoms with Crippen LogP contribution >= 0.6 is 0 Å². The van der Waals surface area contributed by atoms with E-state index >= 15 is 0 Å². The van der Waals surface area contributed by atoms with Gasteiger partial charge in [0.25, 0.3) is 0 Å². The lowest BCUT2D eigenvalue weighted by Gasteiger charge is -2.35. The number of carbonyl (C=O) groups is 1. The van der Waals surface area contributed by atoms with Gasteiger partial charge in [-0.2, -0.15) is 0 Å². The summed E-state index contributed by atoms with van der Waals surface area (Å²) in [5, 5.41) is 9.81. The third kappa shape index (κ3) is 2.71. The number of aliphatic hydroxyl groups excluding tert-OH is 1. The number of hydrogen-bond donors (Lipinski definition) is 2. The number of nitrogens with two attached hydrogens (primary N) is 1. The number of piperidine rings is 1. The molecule has 2 unspecified atom stereocenters. The quantitative estimate of drug-likeness (QED) is 0.817. The van der Waals surface area contributed by atoms with Crippen LogP contribution in [0.5, 0.6) is 0 Å². The lowest BCUT2D eigenvalue weighted by Crippen LogP contribution is -2.48. The Morgan fingerprint density at radius 3 is 2.72 bits per heavy atom. The Balaban J connectivity index is 2.03. The van der Waals surface area contributed by atoms with Crippen molar-refractivity contribution in [2.45, 2.75) is 25.5 Å². The molecule has 1 aromatic rings. The van der Waals surface area contributed by atoms with E-state index in [1.165, 1.54) is 0 Å². The zero-order valence-electron chi connectivity index (χ0n) is 10.6. The maximum Gasteiger partial charge on any atom is 0.244 e. The molecule has 1 saturated heterocycles. The number of amides is 1. The van der Waals surface area contributed by atoms with Crippen LogP contribution < -0.4 is 5.73 Å². The van der Waals surface area contributed by atoms with Gasteiger partial charge in [-0.15, -0.1) is 0 Å². The number of likely N-dealkylation sites (tertiary alicyclic amines) is 1. The van der Waals surface area contributed by atoms with Crippen molar-refractivity contribution in [3.8, 4) is 0 Å². The van der Waals surface area contributed by atoms with Crippen molar-refractivity contribution in [2.75, 3.05) is 13.1 Å². The molecule has 0 aromatic heterocycles. The van der Waals surface area contributed by atoms with E-state index in [1.807, 2.05) is 37.3 Å². The fourth-order valence-corrected chi connectivity index (χ4v) is 2.25. The van der Waals surface area contributed by atoms with Gasteiger partial charge in [-0.1, -0.05) is 37.3 Å². The van der Waals surface area contributed by atoms with Crippen molar-refractivity contribution in [3.05, 3.63) is 35.9 Å². The summed E-state index contributed by atoms with van der Waals surface area (Å²) in [5.74, 6) is 0.147. The first-order valence-corrected chi connectivity index (χ1v) is 6.37. The molecule has 1 amide bonds. The zero-order chi connectivity index (χ0) is 13.1. The van der Waals surface area contributed by atoms with E-state index < -0.39 is 12.1 Å². The highest BCUT2D eigenvalue weighted by Crippen LogP contribution is 2.20. The minimum Gasteiger partial charge on any atom is -0.391 e. The molecule has 3 atom stereocenters. The molecule has 0 aliphatic carbocycles. The van der Waals surface area contributed by atoms with E-state index in [0.29, 0.717) is 13.1 Å². The lowest BCUT2D eigenvalue weighted by molar-refractivity contribution is -0.137. The highest BCUT2D eigenvalue weighted by molar-refractivity contribution is 5.83. The second kappa shape index (κ2) is 5.50. The minimum absolute atomic E-state index is 0.104. The summed E-state index contributed by atoms with van der Waals surface area (Å²) in [6.45, 7) is 3.07. The smallest absolute Gasteiger partial charge is 0.244 e. The van der Waals surface area contributed by atoms with Crippen LogP contribution in [-0.4, -0.2) is 35.1 Å². The van der Waals surface area contributed by atoms with Crippen LogP contribution in [0.3, 0.4) is 0 Å². The average molecular weight is 248 g/mol. The van der Waals surface area contributed by atoms with Crippen molar-refractivity contribution < 1.29 is 9.90 Å². The summed E-state index contributed by atoms with van der Waals surface area (Å²) < 4.78 is 0. The van der Waals surface area contributed by atoms with Crippen molar-refractivity contribution in [1.29, 1.82) is 0 Å². The first kappa shape index (κ1) is 13.1. The second-order valence-electron chi connectivity index (χ2n) is 5.01. The molecule has 2 rings (SSSR count). The zero-order valence-corrected chi connectivity index (χ0v) is 10.6. The number of hydrogen-bond acceptors (Lipinski definition) is 3. The standard InChI is InChI=1S/C14H20N2O2/c1-10-7-8-16(9-12(10)17)14(18)13(15)11-5-3-2-4-6-11/h2-6,10,12-13,17H,7-9,15H2,1H3/t10?,12?,13-/m0/s1. The summed E-state index contributed by atoms with van der Waals surface area (Å²) >= 11 is 0. The summed E-state index contributed by atoms with van der Waals surface area (Å²) in [6, 6.07) is 8.71. The Kier molecular flexibility index (Phi) is 3.99. The Hall–Kier alpha value is -1.39. The van der Waals surface area contributed by atoms with Crippen molar-refractivity contribution in [3.63, 3.8) is 0 Å². The van der Waals surface area contributed by atoms with E-state index in [4.69, 9.17) is 5.73 Å². The Bertz CT molecular complexity index is 408. The van der Waals surface area contributed by atoms with Gasteiger partial charge >= 0.3 is 0 Å². The normalized spacial score (nSPS) is 25.8. The molecule has 3 N–H and O–H groups in total. The van der Waals surface area contributed by atoms with Gasteiger partial charge in [-0.05, 0) is 17.9 Å². The maximum atomic E-state index is 12.2. The highest BCUT2D eigenvalue weighted by atomic mass is 16.3. The van der Waals surface area contributed by atoms with E-state index in [0.717, 1.165) is 12.0 Å². The third-order valence-electron chi connectivity index (χ3n) is 3.66. The molecule has 0 radical (unpaired) electrons. The maximum absolute atomic E-state index is 12.2. The molecule has 0 saturated carbocycles. The largest absolute Gasteiger partial charge is 0.391 e. The molecule has 4 nitrogen and oxygen atoms in total. The molecule has 0 bridgehead atoms. The number of aliphatic hydroxyl groups is 1. The SMILES string of the molecule is CC1CCN(C(=O)[C@@H](N)c2ccccc2)CC1O. The van der Waals surface area contributed by atoms with Gasteiger partial charge in [0.1, 0.15) is 6.04 Å². The van der Waals surface area contributed by atoms with E-state index in [-0.39, 0.29) is 11.8 Å². The molecule has 18 heavy (non-hydrogen) atoms. The van der Waals surface area contributed by atoms with Crippen LogP contribution in [0.1, 0.15) is 24.9 Å². The van der Waals surface area contributed by atoms with Crippen LogP contribution in [0.2, 0.25) is 0 Å². The molecular formula is C14H20N2O2. The first-order valence-electron chi connectivity index (χ1n) is 6.37. The van der Waals surface area contributed by atoms with Crippen LogP contribution in [0.15, 0.2) is 30.3 Å². The number of benzene rings is 1. The van der Waals surface area contributed by atoms with Gasteiger partial charge in [0.05, 0.1) is 6.10 Å². The minimum atomic E-state index is -0.633. The van der Waals surface area contributed by atoms with E-state index in [1.54, 1.807) is 4.90 Å². The summed E-state index contributed by atoms with van der Waals surface area (Å²) in [6.07, 6.45) is 0.389. The molecule has 1 aliphatic heterocycles. The number of nitrogens with zero attached hydrogens (tertiary/aromatic N) is 1. The molecule has 1 aliphatic rings. The Labute approximate surface area is 107 Å². The number of rotatable bonds is 2. The molecule has 1 heterocycles. The predicted molar refractivity (Wildman–Crippen MR) is 69.7 cm³/mol. The van der Waals surface area contributed by atoms with Crippen LogP contribution in [0.25, 0.3) is 0 Å². The van der Waals surface area contributed by atoms with Crippen molar-refractivity contribution in [1.82, 2.24) is 4.90 Å². The molecule has 0 spiro atoms. The fraction of sp³-hybridized carbons (Fsp3) is 0.500. The van der Waals surface area contributed by atoms with Crippen molar-refractivity contribution >= 4 is 5.91 Å². The Morgan fingerprint density at radius 2 is 2.11 bits per heavy atom. The van der Waals surface area contributed by atoms with Crippen molar-refractivity contribution in [2.24, 2.45) is 11.7 Å². The van der Waals surface area contributed by atoms with Gasteiger partial charge in [0.15, 0.2) is 0 Å². The third-order valence-corrected chi connectivity index (χ3v) is 3.66. The summed E-state index contributed by atoms with van der Waals surface area (Å²) in [5.41, 5.74) is 6.79. The lowest BCUT2D eigenvalue weighted by atomic mass is 9.95. The van der Waals surface area contributed by atoms with Gasteiger partial charge in [-0.3, -0.25) is 4.79 Å². The van der Waals surface area contributed by atoms with Gasteiger partial charge in [-0.25, -0.2) is 0 Å². The second-order valence-corrected chi connectivity index (χ2v) is 5.01. The predicted octanol–water partition coefficient (Wildman–Crippen LogP) is 0.916. The molecule has 1 fully saturated rings. The monoisotopic (exact) mass is 248 g/mol. The summed E-state index contributed by atoms with van der Waals surface area (Å²) in [4.78, 5) is 13.9. The highest BCUT2D eigenvalue weighted by Gasteiger charge is 2.30. The van der Waals surface area contributed by atoms with Gasteiger partial charge in [0, 0.05) is 13.1 Å². The first-order chi connectivity index (χ1) is 8.59. The molecule has 1 aromatic carbocycles. The number of β-amino-alcohol motifs (C(OH)–C–C–N with tert-alkyl or cyclic N) is 1. The molecule has 98 valence electrons. The van der Waals surface area contributed by atoms with Gasteiger partial charge < -0.3 is 15.7 Å². The van der Waals surface area contributed by atoms with Gasteiger partial charge in [0.2, 0.25) is 5.91 Å². The number of carbonyl (C=O) groups excluding carboxylic acids is 1. The molecule has 4 heteroatoms. The van der Waals surface area contributed by atoms with Crippen LogP contribution in [-0.2, 0) is 4.79 Å². The van der Waals surface area contributed by atoms with Crippen LogP contribution in [0.4, 0.5) is 0 Å². The topological polar surface area (TPSA) is 66.6 Å². The molecular weight excluding hydrogens is 228 g/mol. The van der Waals surface area contributed by atoms with E-state index in [2.05, 4.69) is 0 Å². The van der Waals surface area contributed by atoms with Crippen LogP contribution in [0, 0.1) is 5.92 Å². The summed E-state index contributed by atoms with van der Waals surface area (Å²) in [7, 11) is 0. The average Bonchev–Trinajstić information content (AvgIpc) is 2.41. The fourth-order valence-electron chi connectivity index (χ4n) is 2.25.